The molecule has 0 aromatic heterocycles. The summed E-state index contributed by atoms with van der Waals surface area (Å²) in [7, 11) is 1.58. The molecule has 0 spiro atoms. The Balaban J connectivity index is 1.37. The van der Waals surface area contributed by atoms with Gasteiger partial charge < -0.3 is 19.9 Å². The van der Waals surface area contributed by atoms with Crippen LogP contribution in [-0.4, -0.2) is 37.2 Å². The maximum Gasteiger partial charge on any atom is 0.335 e. The maximum atomic E-state index is 13.1. The highest BCUT2D eigenvalue weighted by atomic mass is 32.2. The van der Waals surface area contributed by atoms with E-state index >= 15 is 0 Å². The van der Waals surface area contributed by atoms with Crippen molar-refractivity contribution in [2.75, 3.05) is 19.2 Å². The van der Waals surface area contributed by atoms with Crippen LogP contribution in [0.3, 0.4) is 0 Å². The fraction of sp³-hybridized carbons (Fsp3) is 0.500. The van der Waals surface area contributed by atoms with Crippen molar-refractivity contribution >= 4 is 29.6 Å². The van der Waals surface area contributed by atoms with Gasteiger partial charge in [-0.2, -0.15) is 0 Å². The van der Waals surface area contributed by atoms with Crippen molar-refractivity contribution in [1.82, 2.24) is 0 Å². The number of rotatable bonds is 10. The molecule has 4 fully saturated rings. The molecule has 4 saturated carbocycles. The third kappa shape index (κ3) is 5.32. The lowest BCUT2D eigenvalue weighted by atomic mass is 9.48. The molecule has 2 aromatic rings. The van der Waals surface area contributed by atoms with Gasteiger partial charge in [-0.15, -0.1) is 0 Å². The van der Waals surface area contributed by atoms with Crippen molar-refractivity contribution in [3.8, 4) is 0 Å². The second kappa shape index (κ2) is 10.5. The number of aromatic carboxylic acids is 1. The predicted octanol–water partition coefficient (Wildman–Crippen LogP) is 6.10. The van der Waals surface area contributed by atoms with Crippen LogP contribution in [0.1, 0.15) is 71.7 Å². The van der Waals surface area contributed by atoms with Crippen molar-refractivity contribution in [2.24, 2.45) is 17.8 Å². The summed E-state index contributed by atoms with van der Waals surface area (Å²) in [5, 5.41) is 12.0. The Morgan fingerprint density at radius 3 is 2.22 bits per heavy atom. The molecule has 6 rings (SSSR count). The number of amides is 1. The summed E-state index contributed by atoms with van der Waals surface area (Å²) in [5.41, 5.74) is 2.69. The van der Waals surface area contributed by atoms with E-state index in [9.17, 15) is 9.59 Å². The van der Waals surface area contributed by atoms with Gasteiger partial charge in [-0.3, -0.25) is 8.98 Å². The normalized spacial score (nSPS) is 27.1. The van der Waals surface area contributed by atoms with Gasteiger partial charge >= 0.3 is 5.97 Å². The molecule has 0 radical (unpaired) electrons. The van der Waals surface area contributed by atoms with Crippen molar-refractivity contribution < 1.29 is 28.4 Å². The first kappa shape index (κ1) is 25.3. The van der Waals surface area contributed by atoms with E-state index in [2.05, 4.69) is 11.4 Å². The number of methoxy groups -OCH3 is 1. The Morgan fingerprint density at radius 1 is 1.03 bits per heavy atom. The van der Waals surface area contributed by atoms with E-state index in [1.165, 1.54) is 68.3 Å². The Bertz CT molecular complexity index is 1080. The van der Waals surface area contributed by atoms with E-state index < -0.39 is 5.97 Å². The molecule has 0 saturated heterocycles. The summed E-state index contributed by atoms with van der Waals surface area (Å²) < 4.78 is 16.4. The standard InChI is InChI=1S/C28H33NO6S/c1-17(33-2)34-16-35-36-25-12-22(26(30)29-23-6-3-21(4-7-23)27(31)32)5-8-24(25)28-13-18-9-19(14-28)11-20(10-18)15-28/h3-8,12,17-20H,9-11,13-16H2,1-2H3,(H,29,30)(H,31,32). The number of ether oxygens (including phenoxy) is 2. The zero-order chi connectivity index (χ0) is 25.3. The van der Waals surface area contributed by atoms with Gasteiger partial charge in [0.2, 0.25) is 0 Å². The minimum Gasteiger partial charge on any atom is -0.478 e. The molecule has 4 bridgehead atoms. The average Bonchev–Trinajstić information content (AvgIpc) is 2.85. The first-order valence-corrected chi connectivity index (χ1v) is 13.3. The number of anilines is 1. The number of carbonyl (C=O) groups is 2. The van der Waals surface area contributed by atoms with Gasteiger partial charge in [0.05, 0.1) is 5.56 Å². The summed E-state index contributed by atoms with van der Waals surface area (Å²) in [6.07, 6.45) is 7.37. The third-order valence-electron chi connectivity index (χ3n) is 8.07. The summed E-state index contributed by atoms with van der Waals surface area (Å²) in [6.45, 7) is 1.88. The number of hydrogen-bond donors (Lipinski definition) is 2. The van der Waals surface area contributed by atoms with Crippen LogP contribution in [0.5, 0.6) is 0 Å². The average molecular weight is 512 g/mol. The fourth-order valence-electron chi connectivity index (χ4n) is 6.79. The van der Waals surface area contributed by atoms with E-state index in [-0.39, 0.29) is 30.0 Å². The van der Waals surface area contributed by atoms with Crippen LogP contribution in [0.2, 0.25) is 0 Å². The smallest absolute Gasteiger partial charge is 0.335 e. The fourth-order valence-corrected chi connectivity index (χ4v) is 7.57. The van der Waals surface area contributed by atoms with E-state index in [1.807, 2.05) is 19.1 Å². The Morgan fingerprint density at radius 2 is 1.64 bits per heavy atom. The van der Waals surface area contributed by atoms with Crippen LogP contribution in [0.4, 0.5) is 5.69 Å². The third-order valence-corrected chi connectivity index (χ3v) is 8.81. The quantitative estimate of drug-likeness (QED) is 0.226. The Kier molecular flexibility index (Phi) is 7.40. The van der Waals surface area contributed by atoms with Gasteiger partial charge in [-0.25, -0.2) is 4.79 Å². The topological polar surface area (TPSA) is 94.1 Å². The van der Waals surface area contributed by atoms with Gasteiger partial charge in [-0.05, 0) is 111 Å². The van der Waals surface area contributed by atoms with E-state index in [0.29, 0.717) is 11.3 Å². The summed E-state index contributed by atoms with van der Waals surface area (Å²) >= 11 is 1.27. The molecule has 2 N–H and O–H groups in total. The summed E-state index contributed by atoms with van der Waals surface area (Å²) in [4.78, 5) is 25.1. The molecular weight excluding hydrogens is 478 g/mol. The minimum atomic E-state index is -1.00. The molecule has 0 heterocycles. The van der Waals surface area contributed by atoms with Gasteiger partial charge in [0, 0.05) is 35.3 Å². The molecule has 192 valence electrons. The van der Waals surface area contributed by atoms with Crippen LogP contribution in [0.15, 0.2) is 47.4 Å². The lowest BCUT2D eigenvalue weighted by Crippen LogP contribution is -2.48. The van der Waals surface area contributed by atoms with Crippen LogP contribution in [0.25, 0.3) is 0 Å². The first-order valence-electron chi connectivity index (χ1n) is 12.6. The zero-order valence-electron chi connectivity index (χ0n) is 20.7. The van der Waals surface area contributed by atoms with Gasteiger partial charge in [0.25, 0.3) is 5.91 Å². The number of nitrogens with one attached hydrogen (secondary N) is 1. The Labute approximate surface area is 216 Å². The summed E-state index contributed by atoms with van der Waals surface area (Å²) in [6, 6.07) is 12.1. The summed E-state index contributed by atoms with van der Waals surface area (Å²) in [5.74, 6) is 1.16. The van der Waals surface area contributed by atoms with Crippen LogP contribution in [0, 0.1) is 17.8 Å². The number of carbonyl (C=O) groups excluding carboxylic acids is 1. The number of carboxylic acids is 1. The highest BCUT2D eigenvalue weighted by Gasteiger charge is 2.52. The lowest BCUT2D eigenvalue weighted by molar-refractivity contribution is -0.146. The molecule has 7 nitrogen and oxygen atoms in total. The van der Waals surface area contributed by atoms with Crippen LogP contribution < -0.4 is 5.32 Å². The molecule has 36 heavy (non-hydrogen) atoms. The van der Waals surface area contributed by atoms with Crippen molar-refractivity contribution in [1.29, 1.82) is 0 Å². The molecule has 0 aliphatic heterocycles. The minimum absolute atomic E-state index is 0.0757. The van der Waals surface area contributed by atoms with Crippen LogP contribution in [-0.2, 0) is 19.1 Å². The second-order valence-electron chi connectivity index (χ2n) is 10.5. The Hall–Kier alpha value is -2.39. The largest absolute Gasteiger partial charge is 0.478 e. The molecular formula is C28H33NO6S. The molecule has 1 atom stereocenters. The number of hydrogen-bond acceptors (Lipinski definition) is 6. The van der Waals surface area contributed by atoms with Gasteiger partial charge in [0.1, 0.15) is 0 Å². The van der Waals surface area contributed by atoms with E-state index in [4.69, 9.17) is 18.8 Å². The highest BCUT2D eigenvalue weighted by Crippen LogP contribution is 2.61. The number of benzene rings is 2. The molecule has 1 unspecified atom stereocenters. The van der Waals surface area contributed by atoms with Gasteiger partial charge in [0.15, 0.2) is 13.1 Å². The second-order valence-corrected chi connectivity index (χ2v) is 11.4. The lowest BCUT2D eigenvalue weighted by Gasteiger charge is -2.57. The van der Waals surface area contributed by atoms with E-state index in [0.717, 1.165) is 22.6 Å². The molecule has 4 aliphatic carbocycles. The maximum absolute atomic E-state index is 13.1. The number of carboxylic acid groups (broad SMARTS) is 1. The highest BCUT2D eigenvalue weighted by molar-refractivity contribution is 7.94. The molecule has 4 aliphatic rings. The predicted molar refractivity (Wildman–Crippen MR) is 137 cm³/mol. The van der Waals surface area contributed by atoms with Gasteiger partial charge in [-0.1, -0.05) is 6.07 Å². The van der Waals surface area contributed by atoms with Crippen LogP contribution >= 0.6 is 12.0 Å². The SMILES string of the molecule is COC(C)OCOSc1cc(C(=O)Nc2ccc(C(=O)O)cc2)ccc1C12CC3CC(CC(C3)C1)C2. The van der Waals surface area contributed by atoms with E-state index in [1.54, 1.807) is 19.2 Å². The monoisotopic (exact) mass is 511 g/mol. The first-order chi connectivity index (χ1) is 17.3. The van der Waals surface area contributed by atoms with Crippen molar-refractivity contribution in [3.63, 3.8) is 0 Å². The van der Waals surface area contributed by atoms with Crippen molar-refractivity contribution in [2.45, 2.75) is 62.0 Å². The zero-order valence-corrected chi connectivity index (χ0v) is 21.5. The molecule has 2 aromatic carbocycles. The molecule has 1 amide bonds. The van der Waals surface area contributed by atoms with Crippen molar-refractivity contribution in [3.05, 3.63) is 59.2 Å². The molecule has 8 heteroatoms.